The van der Waals surface area contributed by atoms with Gasteiger partial charge >= 0.3 is 6.03 Å². The summed E-state index contributed by atoms with van der Waals surface area (Å²) in [7, 11) is 0. The molecule has 0 bridgehead atoms. The Morgan fingerprint density at radius 3 is 2.76 bits per heavy atom. The van der Waals surface area contributed by atoms with Gasteiger partial charge in [0, 0.05) is 38.3 Å². The average Bonchev–Trinajstić information content (AvgIpc) is 2.50. The summed E-state index contributed by atoms with van der Waals surface area (Å²) in [5, 5.41) is 3.00. The van der Waals surface area contributed by atoms with Crippen LogP contribution in [0.25, 0.3) is 0 Å². The minimum atomic E-state index is -0.209. The third-order valence-electron chi connectivity index (χ3n) is 4.33. The Morgan fingerprint density at radius 1 is 1.24 bits per heavy atom. The summed E-state index contributed by atoms with van der Waals surface area (Å²) in [4.78, 5) is 14.3. The molecule has 0 aliphatic carbocycles. The number of aryl methyl sites for hydroxylation is 1. The number of amides is 2. The maximum Gasteiger partial charge on any atom is 0.322 e. The van der Waals surface area contributed by atoms with Crippen LogP contribution >= 0.6 is 0 Å². The summed E-state index contributed by atoms with van der Waals surface area (Å²) in [6, 6.07) is 7.78. The van der Waals surface area contributed by atoms with E-state index in [4.69, 9.17) is 9.47 Å². The van der Waals surface area contributed by atoms with Gasteiger partial charge in [-0.1, -0.05) is 18.2 Å². The third-order valence-corrected chi connectivity index (χ3v) is 4.33. The van der Waals surface area contributed by atoms with Crippen LogP contribution in [0.15, 0.2) is 24.3 Å². The molecule has 1 aromatic rings. The Morgan fingerprint density at radius 2 is 2.00 bits per heavy atom. The zero-order valence-corrected chi connectivity index (χ0v) is 12.4. The van der Waals surface area contributed by atoms with Gasteiger partial charge in [0.05, 0.1) is 18.8 Å². The number of hydrogen-bond acceptors (Lipinski definition) is 3. The van der Waals surface area contributed by atoms with Crippen molar-refractivity contribution in [1.82, 2.24) is 4.90 Å². The molecular weight excluding hydrogens is 268 g/mol. The molecule has 5 nitrogen and oxygen atoms in total. The van der Waals surface area contributed by atoms with Crippen molar-refractivity contribution in [2.75, 3.05) is 38.2 Å². The first kappa shape index (κ1) is 14.4. The number of anilines is 1. The highest BCUT2D eigenvalue weighted by Gasteiger charge is 2.39. The van der Waals surface area contributed by atoms with Crippen LogP contribution in [0.3, 0.4) is 0 Å². The molecule has 1 spiro atoms. The Bertz CT molecular complexity index is 506. The number of rotatable bonds is 1. The van der Waals surface area contributed by atoms with Gasteiger partial charge in [0.15, 0.2) is 0 Å². The minimum absolute atomic E-state index is 0.0431. The number of hydrogen-bond donors (Lipinski definition) is 1. The molecule has 1 aromatic carbocycles. The van der Waals surface area contributed by atoms with Crippen molar-refractivity contribution in [1.29, 1.82) is 0 Å². The molecule has 2 saturated heterocycles. The molecule has 114 valence electrons. The predicted octanol–water partition coefficient (Wildman–Crippen LogP) is 2.41. The van der Waals surface area contributed by atoms with Crippen LogP contribution in [0.5, 0.6) is 0 Å². The molecule has 21 heavy (non-hydrogen) atoms. The van der Waals surface area contributed by atoms with E-state index >= 15 is 0 Å². The number of nitrogens with one attached hydrogen (secondary N) is 1. The summed E-state index contributed by atoms with van der Waals surface area (Å²) in [6.45, 7) is 5.31. The molecule has 2 amide bonds. The molecule has 2 aliphatic heterocycles. The molecule has 0 unspecified atom stereocenters. The second-order valence-corrected chi connectivity index (χ2v) is 5.81. The second kappa shape index (κ2) is 6.03. The van der Waals surface area contributed by atoms with Crippen molar-refractivity contribution < 1.29 is 14.3 Å². The van der Waals surface area contributed by atoms with Crippen molar-refractivity contribution in [3.8, 4) is 0 Å². The largest absolute Gasteiger partial charge is 0.381 e. The van der Waals surface area contributed by atoms with Crippen LogP contribution in [0.2, 0.25) is 0 Å². The van der Waals surface area contributed by atoms with Crippen molar-refractivity contribution in [2.45, 2.75) is 25.4 Å². The fourth-order valence-electron chi connectivity index (χ4n) is 2.97. The van der Waals surface area contributed by atoms with Crippen molar-refractivity contribution in [3.05, 3.63) is 29.8 Å². The fourth-order valence-corrected chi connectivity index (χ4v) is 2.97. The first-order valence-electron chi connectivity index (χ1n) is 7.52. The fraction of sp³-hybridized carbons (Fsp3) is 0.562. The smallest absolute Gasteiger partial charge is 0.322 e. The number of carbonyl (C=O) groups is 1. The molecule has 0 saturated carbocycles. The summed E-state index contributed by atoms with van der Waals surface area (Å²) in [5.74, 6) is 0. The van der Waals surface area contributed by atoms with Crippen molar-refractivity contribution >= 4 is 11.7 Å². The monoisotopic (exact) mass is 290 g/mol. The normalized spacial score (nSPS) is 21.3. The van der Waals surface area contributed by atoms with E-state index in [1.54, 1.807) is 0 Å². The van der Waals surface area contributed by atoms with Gasteiger partial charge in [0.2, 0.25) is 0 Å². The number of morpholine rings is 1. The standard InChI is InChI=1S/C16H22N2O3/c1-13-4-2-3-5-14(13)17-15(19)18-8-11-21-16(12-18)6-9-20-10-7-16/h2-5H,6-12H2,1H3,(H,17,19). The number of para-hydroxylation sites is 1. The highest BCUT2D eigenvalue weighted by atomic mass is 16.5. The maximum absolute atomic E-state index is 12.5. The molecule has 3 rings (SSSR count). The number of benzene rings is 1. The summed E-state index contributed by atoms with van der Waals surface area (Å²) in [5.41, 5.74) is 1.73. The van der Waals surface area contributed by atoms with Crippen LogP contribution in [-0.4, -0.2) is 49.4 Å². The molecule has 2 aliphatic rings. The predicted molar refractivity (Wildman–Crippen MR) is 80.5 cm³/mol. The number of carbonyl (C=O) groups excluding carboxylic acids is 1. The first-order valence-corrected chi connectivity index (χ1v) is 7.52. The molecular formula is C16H22N2O3. The minimum Gasteiger partial charge on any atom is -0.381 e. The Labute approximate surface area is 125 Å². The molecule has 0 atom stereocenters. The van der Waals surface area contributed by atoms with Gasteiger partial charge < -0.3 is 19.7 Å². The molecule has 1 N–H and O–H groups in total. The van der Waals surface area contributed by atoms with Crippen LogP contribution in [0, 0.1) is 6.92 Å². The molecule has 2 heterocycles. The van der Waals surface area contributed by atoms with Gasteiger partial charge in [-0.2, -0.15) is 0 Å². The van der Waals surface area contributed by atoms with Gasteiger partial charge in [-0.15, -0.1) is 0 Å². The summed E-state index contributed by atoms with van der Waals surface area (Å²) >= 11 is 0. The van der Waals surface area contributed by atoms with Gasteiger partial charge in [-0.25, -0.2) is 4.79 Å². The van der Waals surface area contributed by atoms with E-state index in [-0.39, 0.29) is 11.6 Å². The van der Waals surface area contributed by atoms with Gasteiger partial charge in [0.25, 0.3) is 0 Å². The molecule has 0 aromatic heterocycles. The van der Waals surface area contributed by atoms with Crippen LogP contribution < -0.4 is 5.32 Å². The Kier molecular flexibility index (Phi) is 4.12. The lowest BCUT2D eigenvalue weighted by Gasteiger charge is -2.44. The number of nitrogens with zero attached hydrogens (tertiary/aromatic N) is 1. The van der Waals surface area contributed by atoms with Crippen LogP contribution in [-0.2, 0) is 9.47 Å². The lowest BCUT2D eigenvalue weighted by molar-refractivity contribution is -0.144. The van der Waals surface area contributed by atoms with E-state index in [9.17, 15) is 4.79 Å². The van der Waals surface area contributed by atoms with E-state index in [0.717, 1.165) is 24.1 Å². The lowest BCUT2D eigenvalue weighted by atomic mass is 9.92. The molecule has 5 heteroatoms. The average molecular weight is 290 g/mol. The zero-order valence-electron chi connectivity index (χ0n) is 12.4. The first-order chi connectivity index (χ1) is 10.2. The topological polar surface area (TPSA) is 50.8 Å². The van der Waals surface area contributed by atoms with Crippen LogP contribution in [0.1, 0.15) is 18.4 Å². The molecule has 0 radical (unpaired) electrons. The SMILES string of the molecule is Cc1ccccc1NC(=O)N1CCOC2(CCOCC2)C1. The summed E-state index contributed by atoms with van der Waals surface area (Å²) < 4.78 is 11.4. The maximum atomic E-state index is 12.5. The Hall–Kier alpha value is -1.59. The zero-order chi connectivity index (χ0) is 14.7. The van der Waals surface area contributed by atoms with Gasteiger partial charge in [-0.05, 0) is 18.6 Å². The lowest BCUT2D eigenvalue weighted by Crippen LogP contribution is -2.56. The Balaban J connectivity index is 1.66. The van der Waals surface area contributed by atoms with Crippen molar-refractivity contribution in [2.24, 2.45) is 0 Å². The highest BCUT2D eigenvalue weighted by molar-refractivity contribution is 5.90. The van der Waals surface area contributed by atoms with E-state index in [1.165, 1.54) is 0 Å². The van der Waals surface area contributed by atoms with Gasteiger partial charge in [-0.3, -0.25) is 0 Å². The number of ether oxygens (including phenoxy) is 2. The van der Waals surface area contributed by atoms with Gasteiger partial charge in [0.1, 0.15) is 0 Å². The number of urea groups is 1. The third kappa shape index (κ3) is 3.19. The van der Waals surface area contributed by atoms with E-state index < -0.39 is 0 Å². The highest BCUT2D eigenvalue weighted by Crippen LogP contribution is 2.29. The van der Waals surface area contributed by atoms with E-state index in [1.807, 2.05) is 36.1 Å². The van der Waals surface area contributed by atoms with Crippen LogP contribution in [0.4, 0.5) is 10.5 Å². The quantitative estimate of drug-likeness (QED) is 0.864. The second-order valence-electron chi connectivity index (χ2n) is 5.81. The van der Waals surface area contributed by atoms with E-state index in [0.29, 0.717) is 32.9 Å². The van der Waals surface area contributed by atoms with E-state index in [2.05, 4.69) is 5.32 Å². The van der Waals surface area contributed by atoms with Crippen molar-refractivity contribution in [3.63, 3.8) is 0 Å². The molecule has 2 fully saturated rings. The summed E-state index contributed by atoms with van der Waals surface area (Å²) in [6.07, 6.45) is 1.72.